The van der Waals surface area contributed by atoms with Crippen molar-refractivity contribution in [2.24, 2.45) is 10.9 Å². The predicted octanol–water partition coefficient (Wildman–Crippen LogP) is 5.31. The normalized spacial score (nSPS) is 20.1. The minimum atomic E-state index is -5.02. The SMILES string of the molecule is CCC(N)=O.COCCC(=O)NC1CCc2cc(C3=NOC(c4cccc(C(F)(F)F)c4)(C(F)(F)F)C3)ccc21. The van der Waals surface area contributed by atoms with Gasteiger partial charge in [0.1, 0.15) is 0 Å². The molecule has 218 valence electrons. The van der Waals surface area contributed by atoms with Gasteiger partial charge in [-0.2, -0.15) is 26.3 Å². The molecule has 0 spiro atoms. The number of nitrogens with two attached hydrogens (primary N) is 1. The van der Waals surface area contributed by atoms with Crippen LogP contribution in [0.3, 0.4) is 0 Å². The third-order valence-electron chi connectivity index (χ3n) is 6.61. The Bertz CT molecular complexity index is 1260. The molecule has 0 radical (unpaired) electrons. The number of ether oxygens (including phenoxy) is 1. The summed E-state index contributed by atoms with van der Waals surface area (Å²) in [4.78, 5) is 26.5. The molecule has 40 heavy (non-hydrogen) atoms. The first-order valence-electron chi connectivity index (χ1n) is 12.4. The van der Waals surface area contributed by atoms with Crippen LogP contribution in [0.25, 0.3) is 0 Å². The van der Waals surface area contributed by atoms with Gasteiger partial charge < -0.3 is 20.6 Å². The van der Waals surface area contributed by atoms with E-state index in [4.69, 9.17) is 9.57 Å². The van der Waals surface area contributed by atoms with Gasteiger partial charge in [-0.1, -0.05) is 36.3 Å². The van der Waals surface area contributed by atoms with E-state index in [1.54, 1.807) is 25.1 Å². The van der Waals surface area contributed by atoms with Crippen molar-refractivity contribution in [1.29, 1.82) is 0 Å². The molecule has 2 unspecified atom stereocenters. The van der Waals surface area contributed by atoms with Crippen LogP contribution in [0.2, 0.25) is 0 Å². The first kappa shape index (κ1) is 30.9. The van der Waals surface area contributed by atoms with E-state index in [-0.39, 0.29) is 36.6 Å². The molecule has 2 atom stereocenters. The molecule has 13 heteroatoms. The number of nitrogens with one attached hydrogen (secondary N) is 1. The Balaban J connectivity index is 0.000000810. The van der Waals surface area contributed by atoms with Crippen molar-refractivity contribution >= 4 is 17.5 Å². The van der Waals surface area contributed by atoms with Crippen LogP contribution < -0.4 is 11.1 Å². The lowest BCUT2D eigenvalue weighted by Crippen LogP contribution is -2.42. The third-order valence-corrected chi connectivity index (χ3v) is 6.61. The number of carbonyl (C=O) groups excluding carboxylic acids is 2. The Kier molecular flexibility index (Phi) is 9.49. The molecule has 0 saturated carbocycles. The summed E-state index contributed by atoms with van der Waals surface area (Å²) in [6.45, 7) is 2.01. The highest BCUT2D eigenvalue weighted by molar-refractivity contribution is 6.02. The largest absolute Gasteiger partial charge is 0.435 e. The molecule has 0 bridgehead atoms. The summed E-state index contributed by atoms with van der Waals surface area (Å²) in [5.41, 5.74) is 1.83. The standard InChI is InChI=1S/C24H22F6N2O3.C3H7NO/c1-34-10-9-21(33)31-19-8-6-14-11-15(5-7-18(14)19)20-13-22(35-32-20,24(28,29)30)16-3-2-4-17(12-16)23(25,26)27;1-2-3(4)5/h2-5,7,11-12,19H,6,8-10,13H2,1H3,(H,31,33);2H2,1H3,(H2,4,5). The molecule has 3 N–H and O–H groups in total. The van der Waals surface area contributed by atoms with E-state index in [0.717, 1.165) is 23.3 Å². The molecule has 1 heterocycles. The highest BCUT2D eigenvalue weighted by Gasteiger charge is 2.62. The fraction of sp³-hybridized carbons (Fsp3) is 0.444. The lowest BCUT2D eigenvalue weighted by atomic mass is 9.85. The maximum Gasteiger partial charge on any atom is 0.435 e. The molecule has 2 aromatic rings. The monoisotopic (exact) mass is 573 g/mol. The number of alkyl halides is 6. The van der Waals surface area contributed by atoms with Gasteiger partial charge in [-0.3, -0.25) is 9.59 Å². The van der Waals surface area contributed by atoms with Crippen molar-refractivity contribution < 1.29 is 45.5 Å². The van der Waals surface area contributed by atoms with Gasteiger partial charge in [0.15, 0.2) is 0 Å². The summed E-state index contributed by atoms with van der Waals surface area (Å²) >= 11 is 0. The van der Waals surface area contributed by atoms with E-state index in [9.17, 15) is 35.9 Å². The van der Waals surface area contributed by atoms with Crippen molar-refractivity contribution in [3.05, 3.63) is 70.3 Å². The van der Waals surface area contributed by atoms with Crippen molar-refractivity contribution in [2.75, 3.05) is 13.7 Å². The number of fused-ring (bicyclic) bond motifs is 1. The smallest absolute Gasteiger partial charge is 0.384 e. The van der Waals surface area contributed by atoms with Crippen LogP contribution in [0.15, 0.2) is 47.6 Å². The first-order valence-corrected chi connectivity index (χ1v) is 12.4. The van der Waals surface area contributed by atoms with Crippen LogP contribution in [-0.2, 0) is 37.4 Å². The number of nitrogens with zero attached hydrogens (tertiary/aromatic N) is 1. The van der Waals surface area contributed by atoms with E-state index in [2.05, 4.69) is 16.2 Å². The molecular weight excluding hydrogens is 544 g/mol. The predicted molar refractivity (Wildman–Crippen MR) is 133 cm³/mol. The van der Waals surface area contributed by atoms with Gasteiger partial charge in [-0.15, -0.1) is 0 Å². The Hall–Kier alpha value is -3.61. The number of carbonyl (C=O) groups is 2. The molecule has 2 amide bonds. The van der Waals surface area contributed by atoms with Crippen LogP contribution in [0.4, 0.5) is 26.3 Å². The molecule has 1 aliphatic carbocycles. The minimum absolute atomic E-state index is 0.0184. The van der Waals surface area contributed by atoms with Crippen LogP contribution in [0.5, 0.6) is 0 Å². The van der Waals surface area contributed by atoms with Crippen molar-refractivity contribution in [2.45, 2.75) is 63.0 Å². The number of halogens is 6. The molecule has 0 saturated heterocycles. The molecule has 1 aliphatic heterocycles. The topological polar surface area (TPSA) is 103 Å². The molecule has 2 aliphatic rings. The van der Waals surface area contributed by atoms with Crippen molar-refractivity contribution in [3.63, 3.8) is 0 Å². The number of methoxy groups -OCH3 is 1. The van der Waals surface area contributed by atoms with E-state index >= 15 is 0 Å². The summed E-state index contributed by atoms with van der Waals surface area (Å²) in [6.07, 6.45) is -8.70. The number of primary amides is 1. The van der Waals surface area contributed by atoms with Gasteiger partial charge in [0.05, 0.1) is 23.9 Å². The average Bonchev–Trinajstić information content (AvgIpc) is 3.53. The molecular formula is C27H29F6N3O4. The Morgan fingerprint density at radius 2 is 1.85 bits per heavy atom. The Morgan fingerprint density at radius 3 is 2.45 bits per heavy atom. The number of oxime groups is 1. The van der Waals surface area contributed by atoms with E-state index in [1.165, 1.54) is 7.11 Å². The summed E-state index contributed by atoms with van der Waals surface area (Å²) in [7, 11) is 1.50. The molecule has 2 aromatic carbocycles. The van der Waals surface area contributed by atoms with Gasteiger partial charge in [-0.25, -0.2) is 0 Å². The van der Waals surface area contributed by atoms with Gasteiger partial charge in [0, 0.05) is 31.9 Å². The number of rotatable bonds is 7. The molecule has 4 rings (SSSR count). The number of aryl methyl sites for hydroxylation is 1. The van der Waals surface area contributed by atoms with Gasteiger partial charge >= 0.3 is 12.4 Å². The van der Waals surface area contributed by atoms with Gasteiger partial charge in [-0.05, 0) is 47.7 Å². The van der Waals surface area contributed by atoms with Crippen LogP contribution in [0.1, 0.15) is 66.5 Å². The zero-order valence-electron chi connectivity index (χ0n) is 21.8. The second kappa shape index (κ2) is 12.3. The third kappa shape index (κ3) is 6.93. The van der Waals surface area contributed by atoms with E-state index < -0.39 is 35.5 Å². The Morgan fingerprint density at radius 1 is 1.15 bits per heavy atom. The van der Waals surface area contributed by atoms with Crippen molar-refractivity contribution in [1.82, 2.24) is 5.32 Å². The van der Waals surface area contributed by atoms with Crippen molar-refractivity contribution in [3.8, 4) is 0 Å². The fourth-order valence-electron chi connectivity index (χ4n) is 4.41. The zero-order valence-corrected chi connectivity index (χ0v) is 21.8. The van der Waals surface area contributed by atoms with Crippen LogP contribution in [0, 0.1) is 0 Å². The van der Waals surface area contributed by atoms with E-state index in [1.807, 2.05) is 0 Å². The number of hydrogen-bond donors (Lipinski definition) is 2. The molecule has 0 aromatic heterocycles. The summed E-state index contributed by atoms with van der Waals surface area (Å²) < 4.78 is 86.8. The van der Waals surface area contributed by atoms with Crippen LogP contribution in [-0.4, -0.2) is 37.4 Å². The maximum absolute atomic E-state index is 14.2. The highest BCUT2D eigenvalue weighted by atomic mass is 19.4. The highest BCUT2D eigenvalue weighted by Crippen LogP contribution is 2.49. The molecule has 0 fully saturated rings. The number of amides is 2. The maximum atomic E-state index is 14.2. The first-order chi connectivity index (χ1) is 18.7. The molecule has 7 nitrogen and oxygen atoms in total. The quantitative estimate of drug-likeness (QED) is 0.439. The second-order valence-electron chi connectivity index (χ2n) is 9.34. The number of hydrogen-bond acceptors (Lipinski definition) is 5. The summed E-state index contributed by atoms with van der Waals surface area (Å²) in [5.74, 6) is -0.414. The second-order valence-corrected chi connectivity index (χ2v) is 9.34. The van der Waals surface area contributed by atoms with E-state index in [0.29, 0.717) is 37.0 Å². The fourth-order valence-corrected chi connectivity index (χ4v) is 4.41. The minimum Gasteiger partial charge on any atom is -0.384 e. The Labute approximate surface area is 226 Å². The summed E-state index contributed by atoms with van der Waals surface area (Å²) in [5, 5.41) is 6.57. The zero-order chi connectivity index (χ0) is 29.7. The van der Waals surface area contributed by atoms with Crippen LogP contribution >= 0.6 is 0 Å². The summed E-state index contributed by atoms with van der Waals surface area (Å²) in [6, 6.07) is 7.81. The lowest BCUT2D eigenvalue weighted by molar-refractivity contribution is -0.276. The lowest BCUT2D eigenvalue weighted by Gasteiger charge is -2.30. The average molecular weight is 574 g/mol. The number of benzene rings is 2. The van der Waals surface area contributed by atoms with Gasteiger partial charge in [0.2, 0.25) is 11.8 Å². The van der Waals surface area contributed by atoms with Gasteiger partial charge in [0.25, 0.3) is 5.60 Å².